The summed E-state index contributed by atoms with van der Waals surface area (Å²) >= 11 is 0. The summed E-state index contributed by atoms with van der Waals surface area (Å²) in [4.78, 5) is 6.75. The van der Waals surface area contributed by atoms with Crippen LogP contribution >= 0.6 is 24.0 Å². The van der Waals surface area contributed by atoms with Crippen LogP contribution in [-0.4, -0.2) is 55.3 Å². The van der Waals surface area contributed by atoms with Crippen LogP contribution in [0.15, 0.2) is 4.99 Å². The molecule has 114 valence electrons. The summed E-state index contributed by atoms with van der Waals surface area (Å²) in [7, 11) is 0. The highest BCUT2D eigenvalue weighted by molar-refractivity contribution is 14.0. The average Bonchev–Trinajstić information content (AvgIpc) is 2.27. The van der Waals surface area contributed by atoms with Crippen molar-refractivity contribution < 1.29 is 4.74 Å². The smallest absolute Gasteiger partial charge is 0.189 e. The van der Waals surface area contributed by atoms with Gasteiger partial charge in [-0.2, -0.15) is 0 Å². The fraction of sp³-hybridized carbons (Fsp3) is 0.923. The lowest BCUT2D eigenvalue weighted by Gasteiger charge is -2.32. The van der Waals surface area contributed by atoms with E-state index in [4.69, 9.17) is 10.5 Å². The molecule has 1 aliphatic heterocycles. The standard InChI is InChI=1S/C13H28N4O.HI/c1-5-11-10-17(8-9-18-11)7-6-15-12(14)16-13(2,3)4;/h11H,5-10H2,1-4H3,(H3,14,15,16);1H. The van der Waals surface area contributed by atoms with Gasteiger partial charge in [0.25, 0.3) is 0 Å². The SMILES string of the molecule is CCC1CN(CCN=C(N)NC(C)(C)C)CCO1.I. The molecule has 0 saturated carbocycles. The van der Waals surface area contributed by atoms with Gasteiger partial charge < -0.3 is 15.8 Å². The molecule has 1 aliphatic rings. The van der Waals surface area contributed by atoms with Crippen LogP contribution in [0, 0.1) is 0 Å². The number of nitrogens with zero attached hydrogens (tertiary/aromatic N) is 2. The first-order chi connectivity index (χ1) is 8.40. The summed E-state index contributed by atoms with van der Waals surface area (Å²) in [6, 6.07) is 0. The average molecular weight is 384 g/mol. The van der Waals surface area contributed by atoms with Crippen LogP contribution in [0.1, 0.15) is 34.1 Å². The molecule has 1 rings (SSSR count). The minimum Gasteiger partial charge on any atom is -0.376 e. The predicted octanol–water partition coefficient (Wildman–Crippen LogP) is 1.42. The molecule has 1 unspecified atom stereocenters. The van der Waals surface area contributed by atoms with E-state index >= 15 is 0 Å². The van der Waals surface area contributed by atoms with Gasteiger partial charge in [-0.25, -0.2) is 0 Å². The van der Waals surface area contributed by atoms with Gasteiger partial charge in [0, 0.05) is 25.2 Å². The topological polar surface area (TPSA) is 62.9 Å². The summed E-state index contributed by atoms with van der Waals surface area (Å²) in [5, 5.41) is 3.16. The third kappa shape index (κ3) is 8.65. The van der Waals surface area contributed by atoms with Gasteiger partial charge in [-0.1, -0.05) is 6.92 Å². The second-order valence-corrected chi connectivity index (χ2v) is 5.84. The van der Waals surface area contributed by atoms with Crippen LogP contribution in [0.5, 0.6) is 0 Å². The Bertz CT molecular complexity index is 278. The zero-order chi connectivity index (χ0) is 13.6. The quantitative estimate of drug-likeness (QED) is 0.437. The van der Waals surface area contributed by atoms with Crippen molar-refractivity contribution in [1.29, 1.82) is 0 Å². The first kappa shape index (κ1) is 18.9. The van der Waals surface area contributed by atoms with E-state index in [1.807, 2.05) is 0 Å². The lowest BCUT2D eigenvalue weighted by molar-refractivity contribution is -0.0284. The minimum absolute atomic E-state index is 0. The number of morpholine rings is 1. The molecule has 0 radical (unpaired) electrons. The maximum atomic E-state index is 5.82. The lowest BCUT2D eigenvalue weighted by atomic mass is 10.1. The summed E-state index contributed by atoms with van der Waals surface area (Å²) in [6.45, 7) is 12.9. The summed E-state index contributed by atoms with van der Waals surface area (Å²) in [6.07, 6.45) is 1.46. The summed E-state index contributed by atoms with van der Waals surface area (Å²) in [5.41, 5.74) is 5.80. The van der Waals surface area contributed by atoms with E-state index < -0.39 is 0 Å². The van der Waals surface area contributed by atoms with Crippen molar-refractivity contribution in [1.82, 2.24) is 10.2 Å². The molecule has 0 aromatic heterocycles. The van der Waals surface area contributed by atoms with Gasteiger partial charge in [0.1, 0.15) is 0 Å². The van der Waals surface area contributed by atoms with E-state index in [-0.39, 0.29) is 29.5 Å². The molecule has 3 N–H and O–H groups in total. The molecule has 1 atom stereocenters. The number of halogens is 1. The fourth-order valence-corrected chi connectivity index (χ4v) is 1.97. The summed E-state index contributed by atoms with van der Waals surface area (Å²) in [5.74, 6) is 0.530. The molecule has 0 aromatic rings. The molecule has 0 bridgehead atoms. The van der Waals surface area contributed by atoms with Crippen LogP contribution < -0.4 is 11.1 Å². The zero-order valence-corrected chi connectivity index (χ0v) is 14.9. The van der Waals surface area contributed by atoms with Crippen molar-refractivity contribution in [2.75, 3.05) is 32.8 Å². The second-order valence-electron chi connectivity index (χ2n) is 5.84. The molecule has 1 heterocycles. The monoisotopic (exact) mass is 384 g/mol. The molecular weight excluding hydrogens is 355 g/mol. The van der Waals surface area contributed by atoms with E-state index in [0.29, 0.717) is 12.1 Å². The molecule has 1 saturated heterocycles. The largest absolute Gasteiger partial charge is 0.376 e. The van der Waals surface area contributed by atoms with Crippen molar-refractivity contribution in [3.63, 3.8) is 0 Å². The van der Waals surface area contributed by atoms with Crippen LogP contribution in [0.4, 0.5) is 0 Å². The van der Waals surface area contributed by atoms with Crippen LogP contribution in [0.2, 0.25) is 0 Å². The third-order valence-corrected chi connectivity index (χ3v) is 2.88. The highest BCUT2D eigenvalue weighted by Gasteiger charge is 2.18. The maximum Gasteiger partial charge on any atom is 0.189 e. The number of rotatable bonds is 4. The van der Waals surface area contributed by atoms with Crippen molar-refractivity contribution in [3.05, 3.63) is 0 Å². The number of guanidine groups is 1. The Morgan fingerprint density at radius 2 is 2.16 bits per heavy atom. The van der Waals surface area contributed by atoms with Gasteiger partial charge in [0.15, 0.2) is 5.96 Å². The first-order valence-corrected chi connectivity index (χ1v) is 6.83. The normalized spacial score (nSPS) is 21.9. The molecule has 0 aliphatic carbocycles. The third-order valence-electron chi connectivity index (χ3n) is 2.88. The molecule has 0 amide bonds. The molecule has 0 spiro atoms. The Morgan fingerprint density at radius 3 is 2.74 bits per heavy atom. The van der Waals surface area contributed by atoms with Gasteiger partial charge in [-0.3, -0.25) is 9.89 Å². The Hall–Kier alpha value is -0.0800. The highest BCUT2D eigenvalue weighted by Crippen LogP contribution is 2.07. The van der Waals surface area contributed by atoms with Crippen molar-refractivity contribution in [3.8, 4) is 0 Å². The highest BCUT2D eigenvalue weighted by atomic mass is 127. The number of nitrogens with two attached hydrogens (primary N) is 1. The molecule has 1 fully saturated rings. The molecular formula is C13H29IN4O. The van der Waals surface area contributed by atoms with Crippen molar-refractivity contribution in [2.24, 2.45) is 10.7 Å². The number of aliphatic imine (C=N–C) groups is 1. The Morgan fingerprint density at radius 1 is 1.47 bits per heavy atom. The Kier molecular flexibility index (Phi) is 8.93. The predicted molar refractivity (Wildman–Crippen MR) is 91.3 cm³/mol. The van der Waals surface area contributed by atoms with Crippen LogP contribution in [-0.2, 0) is 4.74 Å². The number of hydrogen-bond donors (Lipinski definition) is 2. The summed E-state index contributed by atoms with van der Waals surface area (Å²) < 4.78 is 5.64. The van der Waals surface area contributed by atoms with Crippen LogP contribution in [0.25, 0.3) is 0 Å². The molecule has 6 heteroatoms. The lowest BCUT2D eigenvalue weighted by Crippen LogP contribution is -2.46. The molecule has 19 heavy (non-hydrogen) atoms. The van der Waals surface area contributed by atoms with Gasteiger partial charge in [0.2, 0.25) is 0 Å². The van der Waals surface area contributed by atoms with Crippen molar-refractivity contribution in [2.45, 2.75) is 45.8 Å². The van der Waals surface area contributed by atoms with Crippen LogP contribution in [0.3, 0.4) is 0 Å². The number of hydrogen-bond acceptors (Lipinski definition) is 3. The zero-order valence-electron chi connectivity index (χ0n) is 12.6. The first-order valence-electron chi connectivity index (χ1n) is 6.83. The van der Waals surface area contributed by atoms with Crippen molar-refractivity contribution >= 4 is 29.9 Å². The molecule has 0 aromatic carbocycles. The number of nitrogens with one attached hydrogen (secondary N) is 1. The van der Waals surface area contributed by atoms with Gasteiger partial charge in [0.05, 0.1) is 19.3 Å². The Balaban J connectivity index is 0.00000324. The van der Waals surface area contributed by atoms with E-state index in [1.165, 1.54) is 0 Å². The van der Waals surface area contributed by atoms with Gasteiger partial charge >= 0.3 is 0 Å². The van der Waals surface area contributed by atoms with E-state index in [2.05, 4.69) is 42.9 Å². The van der Waals surface area contributed by atoms with E-state index in [9.17, 15) is 0 Å². The second kappa shape index (κ2) is 8.97. The van der Waals surface area contributed by atoms with E-state index in [0.717, 1.165) is 39.2 Å². The number of ether oxygens (including phenoxy) is 1. The Labute approximate surface area is 134 Å². The minimum atomic E-state index is -0.0279. The van der Waals surface area contributed by atoms with Gasteiger partial charge in [-0.15, -0.1) is 24.0 Å². The van der Waals surface area contributed by atoms with E-state index in [1.54, 1.807) is 0 Å². The maximum absolute atomic E-state index is 5.82. The van der Waals surface area contributed by atoms with Gasteiger partial charge in [-0.05, 0) is 27.2 Å². The molecule has 5 nitrogen and oxygen atoms in total. The fourth-order valence-electron chi connectivity index (χ4n) is 1.97.